The Hall–Kier alpha value is -3.75. The molecular formula is C37H35NS. The highest BCUT2D eigenvalue weighted by Gasteiger charge is 2.19. The van der Waals surface area contributed by atoms with Crippen LogP contribution in [0.2, 0.25) is 0 Å². The van der Waals surface area contributed by atoms with Crippen LogP contribution >= 0.6 is 11.3 Å². The molecule has 2 aromatic heterocycles. The van der Waals surface area contributed by atoms with E-state index in [1.54, 1.807) is 0 Å². The minimum Gasteiger partial charge on any atom is -0.247 e. The summed E-state index contributed by atoms with van der Waals surface area (Å²) in [6, 6.07) is 31.2. The number of nitrogens with zero attached hydrogens (tertiary/aromatic N) is 1. The average Bonchev–Trinajstić information content (AvgIpc) is 3.21. The molecule has 0 saturated heterocycles. The molecule has 0 fully saturated rings. The Morgan fingerprint density at radius 2 is 1.41 bits per heavy atom. The van der Waals surface area contributed by atoms with E-state index in [0.29, 0.717) is 5.92 Å². The Labute approximate surface area is 236 Å². The van der Waals surface area contributed by atoms with E-state index < -0.39 is 0 Å². The molecule has 0 atom stereocenters. The number of fused-ring (bicyclic) bond motifs is 2. The van der Waals surface area contributed by atoms with Gasteiger partial charge in [-0.3, -0.25) is 0 Å². The first kappa shape index (κ1) is 25.5. The molecule has 0 amide bonds. The van der Waals surface area contributed by atoms with Crippen molar-refractivity contribution in [2.24, 2.45) is 5.92 Å². The first-order chi connectivity index (χ1) is 18.8. The Morgan fingerprint density at radius 3 is 2.13 bits per heavy atom. The largest absolute Gasteiger partial charge is 0.247 e. The van der Waals surface area contributed by atoms with Crippen LogP contribution in [0.1, 0.15) is 41.0 Å². The van der Waals surface area contributed by atoms with E-state index in [2.05, 4.69) is 126 Å². The van der Waals surface area contributed by atoms with Crippen LogP contribution < -0.4 is 0 Å². The van der Waals surface area contributed by atoms with Crippen molar-refractivity contribution in [2.45, 2.75) is 48.0 Å². The van der Waals surface area contributed by atoms with Gasteiger partial charge in [0, 0.05) is 16.0 Å². The number of aromatic nitrogens is 1. The highest BCUT2D eigenvalue weighted by atomic mass is 32.1. The lowest BCUT2D eigenvalue weighted by Crippen LogP contribution is -1.98. The minimum atomic E-state index is 0.642. The highest BCUT2D eigenvalue weighted by Crippen LogP contribution is 2.43. The smallest absolute Gasteiger partial charge is 0.0855 e. The van der Waals surface area contributed by atoms with Gasteiger partial charge in [-0.05, 0) is 108 Å². The molecular weight excluding hydrogens is 490 g/mol. The van der Waals surface area contributed by atoms with E-state index in [1.165, 1.54) is 64.9 Å². The summed E-state index contributed by atoms with van der Waals surface area (Å²) in [6.45, 7) is 13.6. The lowest BCUT2D eigenvalue weighted by molar-refractivity contribution is 0.647. The Bertz CT molecular complexity index is 1820. The molecule has 0 spiro atoms. The monoisotopic (exact) mass is 525 g/mol. The number of hydrogen-bond acceptors (Lipinski definition) is 2. The number of rotatable bonds is 5. The molecule has 194 valence electrons. The number of hydrogen-bond donors (Lipinski definition) is 0. The second kappa shape index (κ2) is 10.1. The van der Waals surface area contributed by atoms with E-state index in [9.17, 15) is 0 Å². The first-order valence-electron chi connectivity index (χ1n) is 13.9. The van der Waals surface area contributed by atoms with E-state index in [4.69, 9.17) is 4.98 Å². The summed E-state index contributed by atoms with van der Waals surface area (Å²) in [4.78, 5) is 6.66. The molecule has 6 rings (SSSR count). The van der Waals surface area contributed by atoms with Crippen molar-refractivity contribution in [2.75, 3.05) is 0 Å². The third kappa shape index (κ3) is 4.68. The summed E-state index contributed by atoms with van der Waals surface area (Å²) in [5, 5.41) is 2.50. The van der Waals surface area contributed by atoms with Crippen molar-refractivity contribution < 1.29 is 0 Å². The van der Waals surface area contributed by atoms with Gasteiger partial charge in [-0.25, -0.2) is 4.98 Å². The van der Waals surface area contributed by atoms with Crippen LogP contribution in [-0.4, -0.2) is 4.98 Å². The van der Waals surface area contributed by atoms with Crippen LogP contribution in [0.15, 0.2) is 84.9 Å². The molecule has 0 aliphatic carbocycles. The molecule has 2 heterocycles. The van der Waals surface area contributed by atoms with Crippen LogP contribution in [0.4, 0.5) is 0 Å². The summed E-state index contributed by atoms with van der Waals surface area (Å²) in [5.74, 6) is 0.642. The maximum atomic E-state index is 5.32. The van der Waals surface area contributed by atoms with Crippen LogP contribution in [0.25, 0.3) is 54.5 Å². The molecule has 0 bridgehead atoms. The van der Waals surface area contributed by atoms with E-state index in [1.807, 2.05) is 11.3 Å². The molecule has 0 unspecified atom stereocenters. The standard InChI is InChI=1S/C37H35NS/c1-22(2)16-27-17-23(3)35(24(4)18-27)33-21-34(38-36-25(5)26(6)39-37(33)36)30-19-29-14-10-11-15-31(29)32(20-30)28-12-8-7-9-13-28/h7-15,17-22H,16H2,1-6H3. The van der Waals surface area contributed by atoms with Crippen molar-refractivity contribution in [1.82, 2.24) is 4.98 Å². The van der Waals surface area contributed by atoms with E-state index in [-0.39, 0.29) is 0 Å². The van der Waals surface area contributed by atoms with E-state index >= 15 is 0 Å². The zero-order valence-electron chi connectivity index (χ0n) is 23.7. The predicted molar refractivity (Wildman–Crippen MR) is 171 cm³/mol. The summed E-state index contributed by atoms with van der Waals surface area (Å²) >= 11 is 1.88. The van der Waals surface area contributed by atoms with Gasteiger partial charge >= 0.3 is 0 Å². The molecule has 6 aromatic rings. The number of benzene rings is 4. The molecule has 39 heavy (non-hydrogen) atoms. The van der Waals surface area contributed by atoms with Gasteiger partial charge in [-0.2, -0.15) is 0 Å². The van der Waals surface area contributed by atoms with Crippen LogP contribution in [0.5, 0.6) is 0 Å². The van der Waals surface area contributed by atoms with Gasteiger partial charge in [0.2, 0.25) is 0 Å². The maximum absolute atomic E-state index is 5.32. The third-order valence-corrected chi connectivity index (χ3v) is 9.09. The molecule has 4 aromatic carbocycles. The fraction of sp³-hybridized carbons (Fsp3) is 0.216. The Kier molecular flexibility index (Phi) is 6.61. The van der Waals surface area contributed by atoms with Crippen molar-refractivity contribution >= 4 is 32.3 Å². The van der Waals surface area contributed by atoms with Crippen LogP contribution in [0, 0.1) is 33.6 Å². The lowest BCUT2D eigenvalue weighted by atomic mass is 9.89. The molecule has 0 saturated carbocycles. The molecule has 2 heteroatoms. The summed E-state index contributed by atoms with van der Waals surface area (Å²) < 4.78 is 1.29. The average molecular weight is 526 g/mol. The molecule has 0 radical (unpaired) electrons. The predicted octanol–water partition coefficient (Wildman–Crippen LogP) is 10.9. The first-order valence-corrected chi connectivity index (χ1v) is 14.7. The second-order valence-electron chi connectivity index (χ2n) is 11.3. The van der Waals surface area contributed by atoms with E-state index in [0.717, 1.165) is 23.2 Å². The quantitative estimate of drug-likeness (QED) is 0.218. The van der Waals surface area contributed by atoms with Gasteiger partial charge in [0.1, 0.15) is 0 Å². The van der Waals surface area contributed by atoms with Crippen molar-refractivity contribution in [3.63, 3.8) is 0 Å². The van der Waals surface area contributed by atoms with Gasteiger partial charge in [0.05, 0.1) is 15.9 Å². The van der Waals surface area contributed by atoms with Gasteiger partial charge in [0.15, 0.2) is 0 Å². The number of pyridine rings is 1. The van der Waals surface area contributed by atoms with Crippen molar-refractivity contribution in [3.05, 3.63) is 112 Å². The zero-order valence-corrected chi connectivity index (χ0v) is 24.5. The fourth-order valence-corrected chi connectivity index (χ4v) is 7.13. The van der Waals surface area contributed by atoms with Gasteiger partial charge < -0.3 is 0 Å². The Morgan fingerprint density at radius 1 is 0.718 bits per heavy atom. The number of thiophene rings is 1. The SMILES string of the molecule is Cc1cc(CC(C)C)cc(C)c1-c1cc(-c2cc(-c3ccccc3)c3ccccc3c2)nc2c(C)c(C)sc12. The third-order valence-electron chi connectivity index (χ3n) is 7.86. The number of aryl methyl sites for hydroxylation is 4. The molecule has 0 aliphatic heterocycles. The maximum Gasteiger partial charge on any atom is 0.0855 e. The topological polar surface area (TPSA) is 12.9 Å². The van der Waals surface area contributed by atoms with Crippen LogP contribution in [0.3, 0.4) is 0 Å². The fourth-order valence-electron chi connectivity index (χ4n) is 6.00. The lowest BCUT2D eigenvalue weighted by Gasteiger charge is -2.17. The second-order valence-corrected chi connectivity index (χ2v) is 12.6. The molecule has 0 N–H and O–H groups in total. The van der Waals surface area contributed by atoms with Crippen LogP contribution in [-0.2, 0) is 6.42 Å². The molecule has 0 aliphatic rings. The van der Waals surface area contributed by atoms with Gasteiger partial charge in [0.25, 0.3) is 0 Å². The van der Waals surface area contributed by atoms with Gasteiger partial charge in [-0.1, -0.05) is 80.6 Å². The highest BCUT2D eigenvalue weighted by molar-refractivity contribution is 7.19. The zero-order chi connectivity index (χ0) is 27.3. The van der Waals surface area contributed by atoms with Crippen molar-refractivity contribution in [1.29, 1.82) is 0 Å². The summed E-state index contributed by atoms with van der Waals surface area (Å²) in [5.41, 5.74) is 13.8. The normalized spacial score (nSPS) is 11.7. The summed E-state index contributed by atoms with van der Waals surface area (Å²) in [7, 11) is 0. The minimum absolute atomic E-state index is 0.642. The van der Waals surface area contributed by atoms with Gasteiger partial charge in [-0.15, -0.1) is 11.3 Å². The molecule has 1 nitrogen and oxygen atoms in total. The van der Waals surface area contributed by atoms with Crippen molar-refractivity contribution in [3.8, 4) is 33.5 Å². The Balaban J connectivity index is 1.63. The summed E-state index contributed by atoms with van der Waals surface area (Å²) in [6.07, 6.45) is 1.11.